The summed E-state index contributed by atoms with van der Waals surface area (Å²) in [7, 11) is 0. The van der Waals surface area contributed by atoms with E-state index >= 15 is 0 Å². The van der Waals surface area contributed by atoms with Crippen LogP contribution in [0.15, 0.2) is 29.3 Å². The van der Waals surface area contributed by atoms with Crippen molar-refractivity contribution in [3.8, 4) is 5.75 Å². The second-order valence-electron chi connectivity index (χ2n) is 4.67. The maximum atomic E-state index is 13.0. The molecular formula is C13H13F3N2O3S. The van der Waals surface area contributed by atoms with Crippen molar-refractivity contribution in [3.63, 3.8) is 0 Å². The van der Waals surface area contributed by atoms with Gasteiger partial charge in [-0.25, -0.2) is 0 Å². The van der Waals surface area contributed by atoms with Crippen LogP contribution in [0, 0.1) is 0 Å². The van der Waals surface area contributed by atoms with E-state index in [0.717, 1.165) is 0 Å². The van der Waals surface area contributed by atoms with Crippen molar-refractivity contribution in [2.45, 2.75) is 24.7 Å². The third-order valence-corrected chi connectivity index (χ3v) is 3.94. The molecule has 1 heterocycles. The molecule has 5 nitrogen and oxygen atoms in total. The van der Waals surface area contributed by atoms with Gasteiger partial charge in [0.1, 0.15) is 11.8 Å². The van der Waals surface area contributed by atoms with E-state index in [9.17, 15) is 23.1 Å². The van der Waals surface area contributed by atoms with E-state index in [1.807, 2.05) is 0 Å². The van der Waals surface area contributed by atoms with E-state index in [0.29, 0.717) is 11.8 Å². The smallest absolute Gasteiger partial charge is 0.408 e. The fourth-order valence-electron chi connectivity index (χ4n) is 2.05. The second-order valence-corrected chi connectivity index (χ2v) is 5.63. The number of rotatable bonds is 3. The summed E-state index contributed by atoms with van der Waals surface area (Å²) in [4.78, 5) is 14.7. The summed E-state index contributed by atoms with van der Waals surface area (Å²) >= 11 is 0.687. The maximum absolute atomic E-state index is 13.0. The number of amidine groups is 1. The topological polar surface area (TPSA) is 81.9 Å². The van der Waals surface area contributed by atoms with Gasteiger partial charge in [0.05, 0.1) is 11.8 Å². The molecule has 9 heteroatoms. The van der Waals surface area contributed by atoms with E-state index in [1.54, 1.807) is 12.1 Å². The Morgan fingerprint density at radius 1 is 1.41 bits per heavy atom. The highest BCUT2D eigenvalue weighted by Crippen LogP contribution is 2.37. The van der Waals surface area contributed by atoms with Gasteiger partial charge in [-0.15, -0.1) is 0 Å². The molecular weight excluding hydrogens is 321 g/mol. The Hall–Kier alpha value is -1.90. The van der Waals surface area contributed by atoms with Gasteiger partial charge in [0, 0.05) is 12.0 Å². The van der Waals surface area contributed by atoms with Crippen LogP contribution in [0.25, 0.3) is 0 Å². The van der Waals surface area contributed by atoms with Crippen molar-refractivity contribution >= 4 is 22.9 Å². The molecule has 1 aliphatic heterocycles. The van der Waals surface area contributed by atoms with E-state index in [4.69, 9.17) is 5.11 Å². The van der Waals surface area contributed by atoms with Crippen LogP contribution in [0.4, 0.5) is 13.2 Å². The zero-order valence-corrected chi connectivity index (χ0v) is 12.0. The average molecular weight is 334 g/mol. The summed E-state index contributed by atoms with van der Waals surface area (Å²) in [6.07, 6.45) is -4.86. The van der Waals surface area contributed by atoms with Crippen LogP contribution in [0.5, 0.6) is 5.75 Å². The number of phenolic OH excluding ortho intramolecular Hbond substituents is 1. The van der Waals surface area contributed by atoms with Crippen molar-refractivity contribution in [2.24, 2.45) is 4.99 Å². The molecule has 0 aliphatic carbocycles. The molecule has 0 spiro atoms. The second kappa shape index (κ2) is 6.47. The minimum Gasteiger partial charge on any atom is -0.508 e. The Kier molecular flexibility index (Phi) is 4.84. The molecule has 0 radical (unpaired) electrons. The van der Waals surface area contributed by atoms with Crippen molar-refractivity contribution in [3.05, 3.63) is 29.8 Å². The third-order valence-electron chi connectivity index (χ3n) is 3.05. The van der Waals surface area contributed by atoms with Gasteiger partial charge in [0.2, 0.25) is 0 Å². The highest BCUT2D eigenvalue weighted by molar-refractivity contribution is 8.14. The lowest BCUT2D eigenvalue weighted by molar-refractivity contribution is -0.155. The predicted octanol–water partition coefficient (Wildman–Crippen LogP) is 2.53. The van der Waals surface area contributed by atoms with Crippen LogP contribution < -0.4 is 5.32 Å². The number of nitrogens with one attached hydrogen (secondary N) is 1. The number of carbonyl (C=O) groups is 1. The van der Waals surface area contributed by atoms with Gasteiger partial charge >= 0.3 is 12.1 Å². The molecule has 1 aromatic carbocycles. The Morgan fingerprint density at radius 2 is 2.09 bits per heavy atom. The molecule has 2 rings (SSSR count). The third kappa shape index (κ3) is 4.06. The summed E-state index contributed by atoms with van der Waals surface area (Å²) in [5, 5.41) is 20.5. The number of nitrogens with zero attached hydrogens (tertiary/aromatic N) is 1. The first-order valence-electron chi connectivity index (χ1n) is 6.31. The van der Waals surface area contributed by atoms with Gasteiger partial charge in [0.15, 0.2) is 5.17 Å². The molecule has 22 heavy (non-hydrogen) atoms. The Labute approximate surface area is 128 Å². The minimum atomic E-state index is -4.49. The molecule has 0 fully saturated rings. The maximum Gasteiger partial charge on any atom is 0.408 e. The fraction of sp³-hybridized carbons (Fsp3) is 0.385. The number of alkyl halides is 3. The number of hydrogen-bond acceptors (Lipinski definition) is 5. The molecule has 0 amide bonds. The monoisotopic (exact) mass is 334 g/mol. The van der Waals surface area contributed by atoms with E-state index < -0.39 is 30.0 Å². The fourth-order valence-corrected chi connectivity index (χ4v) is 2.74. The molecule has 0 saturated heterocycles. The Morgan fingerprint density at radius 3 is 2.68 bits per heavy atom. The van der Waals surface area contributed by atoms with Crippen LogP contribution >= 0.6 is 11.8 Å². The van der Waals surface area contributed by atoms with Crippen molar-refractivity contribution < 1.29 is 28.2 Å². The first kappa shape index (κ1) is 16.5. The Balaban J connectivity index is 2.28. The Bertz CT molecular complexity index is 592. The molecule has 2 atom stereocenters. The summed E-state index contributed by atoms with van der Waals surface area (Å²) in [6.45, 7) is 0. The first-order chi connectivity index (χ1) is 10.3. The SMILES string of the molecule is O=C(O)CSC1=N[C@@H](c2ccccc2O)C[C@H](C(F)(F)F)N1. The molecule has 0 saturated carbocycles. The summed E-state index contributed by atoms with van der Waals surface area (Å²) in [5.74, 6) is -1.69. The number of carboxylic acid groups (broad SMARTS) is 1. The normalized spacial score (nSPS) is 21.9. The number of carboxylic acids is 1. The van der Waals surface area contributed by atoms with Crippen molar-refractivity contribution in [1.29, 1.82) is 0 Å². The number of aliphatic carboxylic acids is 1. The van der Waals surface area contributed by atoms with Gasteiger partial charge in [-0.1, -0.05) is 30.0 Å². The lowest BCUT2D eigenvalue weighted by Gasteiger charge is -2.31. The van der Waals surface area contributed by atoms with Gasteiger partial charge < -0.3 is 15.5 Å². The summed E-state index contributed by atoms with van der Waals surface area (Å²) in [5.41, 5.74) is 0.284. The molecule has 3 N–H and O–H groups in total. The quantitative estimate of drug-likeness (QED) is 0.791. The summed E-state index contributed by atoms with van der Waals surface area (Å²) in [6, 6.07) is 3.31. The summed E-state index contributed by atoms with van der Waals surface area (Å²) < 4.78 is 39.0. The van der Waals surface area contributed by atoms with Gasteiger partial charge in [-0.05, 0) is 6.07 Å². The van der Waals surface area contributed by atoms with Crippen LogP contribution in [0.3, 0.4) is 0 Å². The number of phenols is 1. The molecule has 0 aromatic heterocycles. The van der Waals surface area contributed by atoms with Gasteiger partial charge in [-0.2, -0.15) is 13.2 Å². The molecule has 1 aliphatic rings. The van der Waals surface area contributed by atoms with Crippen molar-refractivity contribution in [1.82, 2.24) is 5.32 Å². The first-order valence-corrected chi connectivity index (χ1v) is 7.29. The van der Waals surface area contributed by atoms with Gasteiger partial charge in [0.25, 0.3) is 0 Å². The lowest BCUT2D eigenvalue weighted by atomic mass is 9.97. The number of aliphatic imine (C=N–C) groups is 1. The number of aromatic hydroxyl groups is 1. The number of hydrogen-bond donors (Lipinski definition) is 3. The number of thioether (sulfide) groups is 1. The molecule has 0 bridgehead atoms. The van der Waals surface area contributed by atoms with Crippen LogP contribution in [0.1, 0.15) is 18.0 Å². The van der Waals surface area contributed by atoms with E-state index in [-0.39, 0.29) is 22.9 Å². The standard InChI is InChI=1S/C13H13F3N2O3S/c14-13(15,16)10-5-8(7-3-1-2-4-9(7)19)17-12(18-10)22-6-11(20)21/h1-4,8,10,19H,5-6H2,(H,17,18)(H,20,21)/t8-,10-/m1/s1. The highest BCUT2D eigenvalue weighted by atomic mass is 32.2. The highest BCUT2D eigenvalue weighted by Gasteiger charge is 2.44. The molecule has 120 valence electrons. The van der Waals surface area contributed by atoms with Crippen LogP contribution in [0.2, 0.25) is 0 Å². The lowest BCUT2D eigenvalue weighted by Crippen LogP contribution is -2.48. The largest absolute Gasteiger partial charge is 0.508 e. The van der Waals surface area contributed by atoms with Crippen molar-refractivity contribution in [2.75, 3.05) is 5.75 Å². The van der Waals surface area contributed by atoms with Crippen LogP contribution in [-0.4, -0.2) is 39.3 Å². The minimum absolute atomic E-state index is 0.0933. The van der Waals surface area contributed by atoms with E-state index in [1.165, 1.54) is 12.1 Å². The van der Waals surface area contributed by atoms with E-state index in [2.05, 4.69) is 10.3 Å². The predicted molar refractivity (Wildman–Crippen MR) is 76.0 cm³/mol. The molecule has 0 unspecified atom stereocenters. The number of halogens is 3. The zero-order chi connectivity index (χ0) is 16.3. The number of para-hydroxylation sites is 1. The van der Waals surface area contributed by atoms with Crippen LogP contribution in [-0.2, 0) is 4.79 Å². The zero-order valence-electron chi connectivity index (χ0n) is 11.2. The number of benzene rings is 1. The average Bonchev–Trinajstić information content (AvgIpc) is 2.44. The molecule has 1 aromatic rings. The van der Waals surface area contributed by atoms with Gasteiger partial charge in [-0.3, -0.25) is 9.79 Å².